The number of rotatable bonds is 10. The Balaban J connectivity index is 1.73. The Kier molecular flexibility index (Phi) is 9.03. The van der Waals surface area contributed by atoms with Crippen molar-refractivity contribution in [3.05, 3.63) is 63.6 Å². The minimum Gasteiger partial charge on any atom is -0.354 e. The molecule has 0 aliphatic carbocycles. The Morgan fingerprint density at radius 3 is 2.42 bits per heavy atom. The van der Waals surface area contributed by atoms with Crippen LogP contribution in [0.15, 0.2) is 47.4 Å². The van der Waals surface area contributed by atoms with Crippen LogP contribution in [0.3, 0.4) is 0 Å². The van der Waals surface area contributed by atoms with E-state index in [0.717, 1.165) is 4.31 Å². The zero-order valence-corrected chi connectivity index (χ0v) is 22.7. The minimum absolute atomic E-state index is 0.0317. The maximum absolute atomic E-state index is 13.3. The molecule has 8 nitrogen and oxygen atoms in total. The molecular weight excluding hydrogens is 525 g/mol. The summed E-state index contributed by atoms with van der Waals surface area (Å²) in [6, 6.07) is 10.1. The van der Waals surface area contributed by atoms with Crippen molar-refractivity contribution in [2.75, 3.05) is 13.1 Å². The van der Waals surface area contributed by atoms with Gasteiger partial charge in [-0.15, -0.1) is 0 Å². The molecule has 11 heteroatoms. The standard InChI is InChI=1S/C25H29Cl2N3O5S/c1-16(2)14-28-24(32)17(3)29(15-18-10-11-19(26)13-21(18)27)23(31)9-6-12-30-25(33)20-7-4-5-8-22(20)36(30,34)35/h4-5,7-8,10-11,13,16-17H,6,9,12,14-15H2,1-3H3,(H,28,32)/t17-/m1/s1. The summed E-state index contributed by atoms with van der Waals surface area (Å²) in [6.07, 6.45) is 0.0334. The second kappa shape index (κ2) is 11.6. The normalized spacial score (nSPS) is 15.1. The fourth-order valence-electron chi connectivity index (χ4n) is 3.84. The van der Waals surface area contributed by atoms with E-state index >= 15 is 0 Å². The number of nitrogens with zero attached hydrogens (tertiary/aromatic N) is 2. The number of amides is 3. The number of hydrogen-bond donors (Lipinski definition) is 1. The van der Waals surface area contributed by atoms with Crippen molar-refractivity contribution in [3.63, 3.8) is 0 Å². The van der Waals surface area contributed by atoms with E-state index in [4.69, 9.17) is 23.2 Å². The van der Waals surface area contributed by atoms with Crippen LogP contribution in [0.4, 0.5) is 0 Å². The van der Waals surface area contributed by atoms with E-state index in [2.05, 4.69) is 5.32 Å². The molecule has 0 fully saturated rings. The Bertz CT molecular complexity index is 1270. The highest BCUT2D eigenvalue weighted by molar-refractivity contribution is 7.90. The van der Waals surface area contributed by atoms with Crippen molar-refractivity contribution < 1.29 is 22.8 Å². The van der Waals surface area contributed by atoms with Gasteiger partial charge >= 0.3 is 0 Å². The second-order valence-corrected chi connectivity index (χ2v) is 11.7. The summed E-state index contributed by atoms with van der Waals surface area (Å²) in [5, 5.41) is 3.64. The predicted molar refractivity (Wildman–Crippen MR) is 138 cm³/mol. The minimum atomic E-state index is -3.95. The lowest BCUT2D eigenvalue weighted by Crippen LogP contribution is -2.48. The third-order valence-corrected chi connectivity index (χ3v) is 8.30. The zero-order valence-electron chi connectivity index (χ0n) is 20.3. The summed E-state index contributed by atoms with van der Waals surface area (Å²) in [5.41, 5.74) is 0.740. The Morgan fingerprint density at radius 1 is 1.08 bits per heavy atom. The van der Waals surface area contributed by atoms with Crippen LogP contribution in [-0.4, -0.2) is 54.5 Å². The maximum Gasteiger partial charge on any atom is 0.269 e. The highest BCUT2D eigenvalue weighted by Gasteiger charge is 2.40. The van der Waals surface area contributed by atoms with Crippen molar-refractivity contribution >= 4 is 50.9 Å². The smallest absolute Gasteiger partial charge is 0.269 e. The van der Waals surface area contributed by atoms with Gasteiger partial charge in [0.2, 0.25) is 11.8 Å². The van der Waals surface area contributed by atoms with Gasteiger partial charge in [0.15, 0.2) is 0 Å². The van der Waals surface area contributed by atoms with Gasteiger partial charge in [0.05, 0.1) is 5.56 Å². The first-order chi connectivity index (χ1) is 16.9. The van der Waals surface area contributed by atoms with Crippen molar-refractivity contribution in [3.8, 4) is 0 Å². The SMILES string of the molecule is CC(C)CNC(=O)[C@@H](C)N(Cc1ccc(Cl)cc1Cl)C(=O)CCCN1C(=O)c2ccccc2S1(=O)=O. The zero-order chi connectivity index (χ0) is 26.6. The molecule has 0 saturated carbocycles. The van der Waals surface area contributed by atoms with Crippen LogP contribution in [0, 0.1) is 5.92 Å². The molecular formula is C25H29Cl2N3O5S. The quantitative estimate of drug-likeness (QED) is 0.476. The summed E-state index contributed by atoms with van der Waals surface area (Å²) in [4.78, 5) is 40.0. The first kappa shape index (κ1) is 28.0. The molecule has 0 saturated heterocycles. The van der Waals surface area contributed by atoms with Crippen LogP contribution in [0.25, 0.3) is 0 Å². The summed E-state index contributed by atoms with van der Waals surface area (Å²) in [6.45, 7) is 5.94. The molecule has 1 N–H and O–H groups in total. The summed E-state index contributed by atoms with van der Waals surface area (Å²) >= 11 is 12.3. The molecule has 3 amide bonds. The fraction of sp³-hybridized carbons (Fsp3) is 0.400. The molecule has 36 heavy (non-hydrogen) atoms. The third kappa shape index (κ3) is 6.19. The van der Waals surface area contributed by atoms with Crippen LogP contribution in [0.5, 0.6) is 0 Å². The summed E-state index contributed by atoms with van der Waals surface area (Å²) in [7, 11) is -3.95. The van der Waals surface area contributed by atoms with Gasteiger partial charge in [-0.2, -0.15) is 0 Å². The molecule has 0 bridgehead atoms. The van der Waals surface area contributed by atoms with E-state index in [1.54, 1.807) is 37.3 Å². The van der Waals surface area contributed by atoms with Crippen LogP contribution in [-0.2, 0) is 26.2 Å². The van der Waals surface area contributed by atoms with E-state index in [-0.39, 0.29) is 54.1 Å². The van der Waals surface area contributed by atoms with E-state index in [0.29, 0.717) is 22.2 Å². The van der Waals surface area contributed by atoms with Crippen LogP contribution < -0.4 is 5.32 Å². The lowest BCUT2D eigenvalue weighted by Gasteiger charge is -2.29. The van der Waals surface area contributed by atoms with E-state index in [9.17, 15) is 22.8 Å². The first-order valence-electron chi connectivity index (χ1n) is 11.6. The summed E-state index contributed by atoms with van der Waals surface area (Å²) < 4.78 is 26.3. The van der Waals surface area contributed by atoms with Gasteiger partial charge < -0.3 is 10.2 Å². The van der Waals surface area contributed by atoms with Gasteiger partial charge in [0.1, 0.15) is 10.9 Å². The van der Waals surface area contributed by atoms with Gasteiger partial charge in [-0.1, -0.05) is 55.2 Å². The van der Waals surface area contributed by atoms with Gasteiger partial charge in [-0.05, 0) is 49.1 Å². The van der Waals surface area contributed by atoms with Crippen LogP contribution >= 0.6 is 23.2 Å². The van der Waals surface area contributed by atoms with Crippen molar-refractivity contribution in [1.29, 1.82) is 0 Å². The summed E-state index contributed by atoms with van der Waals surface area (Å²) in [5.74, 6) is -1.05. The number of nitrogens with one attached hydrogen (secondary N) is 1. The van der Waals surface area contributed by atoms with Crippen LogP contribution in [0.1, 0.15) is 49.5 Å². The molecule has 0 radical (unpaired) electrons. The molecule has 0 unspecified atom stereocenters. The van der Waals surface area contributed by atoms with Crippen molar-refractivity contribution in [1.82, 2.24) is 14.5 Å². The second-order valence-electron chi connectivity index (χ2n) is 9.05. The average molecular weight is 554 g/mol. The third-order valence-electron chi connectivity index (χ3n) is 5.87. The molecule has 2 aromatic carbocycles. The average Bonchev–Trinajstić information content (AvgIpc) is 3.02. The van der Waals surface area contributed by atoms with E-state index < -0.39 is 22.0 Å². The van der Waals surface area contributed by atoms with Crippen LogP contribution in [0.2, 0.25) is 10.0 Å². The molecule has 0 spiro atoms. The lowest BCUT2D eigenvalue weighted by atomic mass is 10.1. The number of fused-ring (bicyclic) bond motifs is 1. The number of hydrogen-bond acceptors (Lipinski definition) is 5. The first-order valence-corrected chi connectivity index (χ1v) is 13.8. The van der Waals surface area contributed by atoms with Crippen molar-refractivity contribution in [2.24, 2.45) is 5.92 Å². The van der Waals surface area contributed by atoms with Gasteiger partial charge in [-0.25, -0.2) is 12.7 Å². The number of sulfonamides is 1. The molecule has 0 aromatic heterocycles. The molecule has 1 aliphatic rings. The van der Waals surface area contributed by atoms with Gasteiger partial charge in [-0.3, -0.25) is 14.4 Å². The fourth-order valence-corrected chi connectivity index (χ4v) is 5.91. The molecule has 1 heterocycles. The highest BCUT2D eigenvalue weighted by atomic mass is 35.5. The largest absolute Gasteiger partial charge is 0.354 e. The van der Waals surface area contributed by atoms with E-state index in [1.807, 2.05) is 13.8 Å². The highest BCUT2D eigenvalue weighted by Crippen LogP contribution is 2.30. The topological polar surface area (TPSA) is 104 Å². The van der Waals surface area contributed by atoms with Crippen molar-refractivity contribution in [2.45, 2.75) is 51.1 Å². The Morgan fingerprint density at radius 2 is 1.78 bits per heavy atom. The lowest BCUT2D eigenvalue weighted by molar-refractivity contribution is -0.140. The monoisotopic (exact) mass is 553 g/mol. The number of halogens is 2. The van der Waals surface area contributed by atoms with Gasteiger partial charge in [0.25, 0.3) is 15.9 Å². The van der Waals surface area contributed by atoms with Gasteiger partial charge in [0, 0.05) is 36.1 Å². The molecule has 1 atom stereocenters. The Hall–Kier alpha value is -2.62. The molecule has 2 aromatic rings. The predicted octanol–water partition coefficient (Wildman–Crippen LogP) is 4.11. The number of benzene rings is 2. The number of carbonyl (C=O) groups is 3. The molecule has 3 rings (SSSR count). The Labute approximate surface area is 221 Å². The number of carbonyl (C=O) groups excluding carboxylic acids is 3. The maximum atomic E-state index is 13.3. The molecule has 194 valence electrons. The molecule has 1 aliphatic heterocycles. The van der Waals surface area contributed by atoms with E-state index in [1.165, 1.54) is 17.0 Å².